The summed E-state index contributed by atoms with van der Waals surface area (Å²) < 4.78 is 31.4. The molecule has 0 bridgehead atoms. The van der Waals surface area contributed by atoms with Crippen molar-refractivity contribution in [3.8, 4) is 16.9 Å². The highest BCUT2D eigenvalue weighted by molar-refractivity contribution is 7.42. The highest BCUT2D eigenvalue weighted by Crippen LogP contribution is 2.44. The summed E-state index contributed by atoms with van der Waals surface area (Å²) >= 11 is 0. The summed E-state index contributed by atoms with van der Waals surface area (Å²) in [6.45, 7) is 14.4. The van der Waals surface area contributed by atoms with E-state index in [0.717, 1.165) is 11.8 Å². The first kappa shape index (κ1) is 25.9. The number of halogens is 1. The van der Waals surface area contributed by atoms with Crippen molar-refractivity contribution in [1.29, 1.82) is 0 Å². The van der Waals surface area contributed by atoms with E-state index in [2.05, 4.69) is 6.58 Å². The molecule has 3 unspecified atom stereocenters. The van der Waals surface area contributed by atoms with Crippen LogP contribution in [0, 0.1) is 5.82 Å². The molecule has 3 atom stereocenters. The zero-order chi connectivity index (χ0) is 24.4. The smallest absolute Gasteiger partial charge is 0.333 e. The van der Waals surface area contributed by atoms with Crippen molar-refractivity contribution in [3.63, 3.8) is 0 Å². The summed E-state index contributed by atoms with van der Waals surface area (Å²) in [5.74, 6) is -1.60. The molecule has 0 amide bonds. The summed E-state index contributed by atoms with van der Waals surface area (Å²) in [6, 6.07) is 7.47. The Morgan fingerprint density at radius 1 is 1.22 bits per heavy atom. The Hall–Kier alpha value is -2.34. The van der Waals surface area contributed by atoms with Gasteiger partial charge in [0, 0.05) is 16.7 Å². The predicted octanol–water partition coefficient (Wildman–Crippen LogP) is 4.99. The maximum Gasteiger partial charge on any atom is 0.333 e. The lowest BCUT2D eigenvalue weighted by Gasteiger charge is -2.29. The lowest BCUT2D eigenvalue weighted by molar-refractivity contribution is -0.138. The van der Waals surface area contributed by atoms with Gasteiger partial charge in [-0.2, -0.15) is 0 Å². The molecule has 174 valence electrons. The number of carbonyl (C=O) groups excluding carboxylic acids is 1. The summed E-state index contributed by atoms with van der Waals surface area (Å²) in [4.78, 5) is 27.8. The van der Waals surface area contributed by atoms with Crippen molar-refractivity contribution in [3.05, 3.63) is 60.2 Å². The number of aromatic nitrogens is 1. The molecule has 0 radical (unpaired) electrons. The van der Waals surface area contributed by atoms with Crippen LogP contribution in [0.1, 0.15) is 58.8 Å². The Bertz CT molecular complexity index is 1030. The molecule has 2 rings (SSSR count). The number of rotatable bonds is 7. The van der Waals surface area contributed by atoms with E-state index < -0.39 is 31.1 Å². The second-order valence-electron chi connectivity index (χ2n) is 9.12. The Balaban J connectivity index is 2.82. The number of benzene rings is 1. The molecule has 32 heavy (non-hydrogen) atoms. The number of nitrogens with zero attached hydrogens (tertiary/aromatic N) is 1. The quantitative estimate of drug-likeness (QED) is 0.341. The van der Waals surface area contributed by atoms with Crippen molar-refractivity contribution in [2.24, 2.45) is 0 Å². The average molecular weight is 463 g/mol. The van der Waals surface area contributed by atoms with Gasteiger partial charge in [0.25, 0.3) is 0 Å². The number of hydrogen-bond acceptors (Lipinski definition) is 5. The molecule has 0 aliphatic heterocycles. The second-order valence-corrected chi connectivity index (χ2v) is 10.6. The lowest BCUT2D eigenvalue weighted by Crippen LogP contribution is -2.46. The largest absolute Gasteiger partial charge is 0.423 e. The molecule has 1 heterocycles. The molecule has 2 N–H and O–H groups in total. The molecule has 2 aromatic rings. The van der Waals surface area contributed by atoms with E-state index in [4.69, 9.17) is 9.72 Å². The van der Waals surface area contributed by atoms with Gasteiger partial charge in [0.1, 0.15) is 5.82 Å². The van der Waals surface area contributed by atoms with E-state index in [1.165, 1.54) is 19.1 Å². The lowest BCUT2D eigenvalue weighted by atomic mass is 9.88. The van der Waals surface area contributed by atoms with Crippen LogP contribution >= 0.6 is 8.03 Å². The monoisotopic (exact) mass is 463 g/mol. The molecular formula is C24H31FNO5P. The molecule has 0 aliphatic rings. The SMILES string of the molecule is C=CC(C(=O)Oc1c(-c2ccc(F)cc2)cc(C(C)(C)C)nc1C(C)C)(C(C)O)[PH](=O)O. The fourth-order valence-electron chi connectivity index (χ4n) is 3.23. The average Bonchev–Trinajstić information content (AvgIpc) is 2.68. The Morgan fingerprint density at radius 2 is 1.78 bits per heavy atom. The minimum absolute atomic E-state index is 0.0970. The van der Waals surface area contributed by atoms with Crippen LogP contribution in [-0.4, -0.2) is 32.2 Å². The molecule has 0 saturated carbocycles. The number of hydrogen-bond donors (Lipinski definition) is 2. The predicted molar refractivity (Wildman–Crippen MR) is 124 cm³/mol. The van der Waals surface area contributed by atoms with E-state index >= 15 is 0 Å². The van der Waals surface area contributed by atoms with Crippen molar-refractivity contribution in [2.75, 3.05) is 0 Å². The van der Waals surface area contributed by atoms with Gasteiger partial charge in [-0.25, -0.2) is 9.18 Å². The first-order valence-electron chi connectivity index (χ1n) is 10.3. The molecule has 0 spiro atoms. The van der Waals surface area contributed by atoms with Gasteiger partial charge in [-0.15, -0.1) is 6.58 Å². The summed E-state index contributed by atoms with van der Waals surface area (Å²) in [5.41, 5.74) is 1.94. The van der Waals surface area contributed by atoms with Gasteiger partial charge >= 0.3 is 5.97 Å². The molecule has 1 aromatic heterocycles. The third-order valence-corrected chi connectivity index (χ3v) is 6.87. The van der Waals surface area contributed by atoms with E-state index in [1.807, 2.05) is 34.6 Å². The first-order valence-corrected chi connectivity index (χ1v) is 11.7. The van der Waals surface area contributed by atoms with Crippen molar-refractivity contribution >= 4 is 14.0 Å². The zero-order valence-corrected chi connectivity index (χ0v) is 20.3. The van der Waals surface area contributed by atoms with Crippen LogP contribution in [0.2, 0.25) is 0 Å². The fourth-order valence-corrected chi connectivity index (χ4v) is 3.99. The first-order chi connectivity index (χ1) is 14.7. The zero-order valence-electron chi connectivity index (χ0n) is 19.3. The van der Waals surface area contributed by atoms with E-state index in [9.17, 15) is 23.7 Å². The fraction of sp³-hybridized carbons (Fsp3) is 0.417. The number of ether oxygens (including phenoxy) is 1. The van der Waals surface area contributed by atoms with Crippen LogP contribution in [0.15, 0.2) is 43.0 Å². The molecule has 1 aromatic carbocycles. The maximum absolute atomic E-state index is 13.6. The van der Waals surface area contributed by atoms with E-state index in [0.29, 0.717) is 16.8 Å². The minimum Gasteiger partial charge on any atom is -0.423 e. The molecule has 0 saturated heterocycles. The second kappa shape index (κ2) is 9.65. The van der Waals surface area contributed by atoms with Gasteiger partial charge in [-0.3, -0.25) is 9.55 Å². The normalized spacial score (nSPS) is 15.7. The van der Waals surface area contributed by atoms with Crippen LogP contribution in [-0.2, 0) is 14.8 Å². The number of pyridine rings is 1. The van der Waals surface area contributed by atoms with Crippen molar-refractivity contribution in [1.82, 2.24) is 4.98 Å². The summed E-state index contributed by atoms with van der Waals surface area (Å²) in [6.07, 6.45) is -0.562. The number of carbonyl (C=O) groups is 1. The number of aliphatic hydroxyl groups is 1. The van der Waals surface area contributed by atoms with Crippen LogP contribution in [0.5, 0.6) is 5.75 Å². The standard InChI is InChI=1S/C24H31FNO5P/c1-8-24(15(4)27,32(29)30)22(28)31-21-18(16-9-11-17(25)12-10-16)13-19(23(5,6)7)26-20(21)14(2)3/h8-15,27,32H,1H2,2-7H3,(H,29,30). The van der Waals surface area contributed by atoms with Crippen LogP contribution in [0.4, 0.5) is 4.39 Å². The molecule has 8 heteroatoms. The van der Waals surface area contributed by atoms with Crippen LogP contribution < -0.4 is 4.74 Å². The third-order valence-electron chi connectivity index (χ3n) is 5.34. The summed E-state index contributed by atoms with van der Waals surface area (Å²) in [7, 11) is -3.61. The minimum atomic E-state index is -3.61. The number of esters is 1. The van der Waals surface area contributed by atoms with Gasteiger partial charge in [-0.05, 0) is 36.6 Å². The van der Waals surface area contributed by atoms with Gasteiger partial charge < -0.3 is 14.7 Å². The van der Waals surface area contributed by atoms with E-state index in [1.54, 1.807) is 18.2 Å². The van der Waals surface area contributed by atoms with Crippen LogP contribution in [0.25, 0.3) is 11.1 Å². The highest BCUT2D eigenvalue weighted by Gasteiger charge is 2.48. The maximum atomic E-state index is 13.6. The van der Waals surface area contributed by atoms with Crippen LogP contribution in [0.3, 0.4) is 0 Å². The molecule has 6 nitrogen and oxygen atoms in total. The van der Waals surface area contributed by atoms with Crippen molar-refractivity contribution < 1.29 is 28.5 Å². The Morgan fingerprint density at radius 3 is 2.19 bits per heavy atom. The van der Waals surface area contributed by atoms with E-state index in [-0.39, 0.29) is 17.1 Å². The highest BCUT2D eigenvalue weighted by atomic mass is 31.1. The van der Waals surface area contributed by atoms with Gasteiger partial charge in [0.2, 0.25) is 8.03 Å². The van der Waals surface area contributed by atoms with Gasteiger partial charge in [0.15, 0.2) is 10.9 Å². The Kier molecular flexibility index (Phi) is 7.82. The molecule has 0 fully saturated rings. The van der Waals surface area contributed by atoms with Gasteiger partial charge in [0.05, 0.1) is 11.8 Å². The van der Waals surface area contributed by atoms with Crippen molar-refractivity contribution in [2.45, 2.75) is 64.1 Å². The third kappa shape index (κ3) is 5.01. The number of aliphatic hydroxyl groups excluding tert-OH is 1. The Labute approximate surface area is 189 Å². The molecular weight excluding hydrogens is 432 g/mol. The topological polar surface area (TPSA) is 96.7 Å². The summed E-state index contributed by atoms with van der Waals surface area (Å²) in [5, 5.41) is 7.98. The van der Waals surface area contributed by atoms with Gasteiger partial charge in [-0.1, -0.05) is 52.8 Å². The molecule has 0 aliphatic carbocycles.